The number of halogens is 3. The van der Waals surface area contributed by atoms with Gasteiger partial charge in [-0.1, -0.05) is 0 Å². The summed E-state index contributed by atoms with van der Waals surface area (Å²) >= 11 is -0.839. The van der Waals surface area contributed by atoms with E-state index in [0.29, 0.717) is 0 Å². The first-order valence-corrected chi connectivity index (χ1v) is 12.2. The third-order valence-electron chi connectivity index (χ3n) is 2.65. The summed E-state index contributed by atoms with van der Waals surface area (Å²) in [5.41, 5.74) is 0. The molecule has 0 saturated heterocycles. The van der Waals surface area contributed by atoms with Crippen molar-refractivity contribution in [2.24, 2.45) is 0 Å². The summed E-state index contributed by atoms with van der Waals surface area (Å²) in [7, 11) is 0. The van der Waals surface area contributed by atoms with Crippen molar-refractivity contribution in [1.82, 2.24) is 0 Å². The SMILES string of the molecule is CCC[CH2][Sn]([CH2]CCC)[CH2]CCC.Cl.Cl.Cl. The Morgan fingerprint density at radius 2 is 0.812 bits per heavy atom. The maximum Gasteiger partial charge on any atom is -0.147 e. The molecule has 0 aromatic carbocycles. The van der Waals surface area contributed by atoms with E-state index >= 15 is 0 Å². The van der Waals surface area contributed by atoms with Gasteiger partial charge >= 0.3 is 92.4 Å². The van der Waals surface area contributed by atoms with Crippen LogP contribution in [0.3, 0.4) is 0 Å². The second-order valence-corrected chi connectivity index (χ2v) is 12.6. The van der Waals surface area contributed by atoms with E-state index in [2.05, 4.69) is 20.8 Å². The molecule has 0 nitrogen and oxygen atoms in total. The Morgan fingerprint density at radius 3 is 1.00 bits per heavy atom. The van der Waals surface area contributed by atoms with E-state index in [0.717, 1.165) is 0 Å². The van der Waals surface area contributed by atoms with Crippen molar-refractivity contribution < 1.29 is 0 Å². The van der Waals surface area contributed by atoms with E-state index in [1.165, 1.54) is 38.5 Å². The second-order valence-electron chi connectivity index (χ2n) is 4.06. The first kappa shape index (κ1) is 26.3. The molecule has 1 radical (unpaired) electrons. The van der Waals surface area contributed by atoms with Gasteiger partial charge in [-0.25, -0.2) is 0 Å². The largest absolute Gasteiger partial charge is 0.147 e. The summed E-state index contributed by atoms with van der Waals surface area (Å²) in [6.07, 6.45) is 8.85. The van der Waals surface area contributed by atoms with Gasteiger partial charge in [-0.2, -0.15) is 0 Å². The molecule has 103 valence electrons. The molecule has 0 aromatic heterocycles. The van der Waals surface area contributed by atoms with Crippen LogP contribution in [0.2, 0.25) is 13.3 Å². The van der Waals surface area contributed by atoms with E-state index < -0.39 is 19.8 Å². The summed E-state index contributed by atoms with van der Waals surface area (Å²) in [5.74, 6) is 0. The number of hydrogen-bond donors (Lipinski definition) is 0. The molecule has 0 heterocycles. The fourth-order valence-electron chi connectivity index (χ4n) is 1.66. The van der Waals surface area contributed by atoms with Crippen LogP contribution in [0.1, 0.15) is 59.3 Å². The van der Waals surface area contributed by atoms with Crippen molar-refractivity contribution >= 4 is 57.0 Å². The molecule has 0 atom stereocenters. The van der Waals surface area contributed by atoms with Gasteiger partial charge in [0, 0.05) is 0 Å². The standard InChI is InChI=1S/3C4H9.3ClH.Sn/c3*1-3-4-2;;;;/h3*1,3-4H2,2H3;3*1H;. The van der Waals surface area contributed by atoms with E-state index in [1.54, 1.807) is 13.3 Å². The molecule has 0 aliphatic heterocycles. The topological polar surface area (TPSA) is 0 Å². The minimum atomic E-state index is -0.839. The molecule has 0 spiro atoms. The fraction of sp³-hybridized carbons (Fsp3) is 1.00. The van der Waals surface area contributed by atoms with Gasteiger partial charge in [-0.3, -0.25) is 0 Å². The fourth-order valence-corrected chi connectivity index (χ4v) is 11.1. The summed E-state index contributed by atoms with van der Waals surface area (Å²) in [6, 6.07) is 0. The predicted octanol–water partition coefficient (Wildman–Crippen LogP) is 6.15. The molecule has 0 saturated carbocycles. The molecule has 16 heavy (non-hydrogen) atoms. The van der Waals surface area contributed by atoms with Crippen LogP contribution in [0, 0.1) is 0 Å². The minimum Gasteiger partial charge on any atom is -0.147 e. The Bertz CT molecular complexity index is 83.2. The van der Waals surface area contributed by atoms with Crippen LogP contribution in [0.5, 0.6) is 0 Å². The van der Waals surface area contributed by atoms with Crippen LogP contribution in [0.4, 0.5) is 0 Å². The van der Waals surface area contributed by atoms with Crippen molar-refractivity contribution in [3.05, 3.63) is 0 Å². The van der Waals surface area contributed by atoms with Crippen LogP contribution in [-0.2, 0) is 0 Å². The van der Waals surface area contributed by atoms with Gasteiger partial charge in [-0.15, -0.1) is 37.2 Å². The first-order chi connectivity index (χ1) is 6.35. The second kappa shape index (κ2) is 21.9. The maximum absolute atomic E-state index is 2.33. The average molecular weight is 399 g/mol. The molecule has 0 aliphatic carbocycles. The van der Waals surface area contributed by atoms with Gasteiger partial charge in [0.1, 0.15) is 0 Å². The zero-order valence-electron chi connectivity index (χ0n) is 11.1. The molecule has 0 N–H and O–H groups in total. The molecule has 0 bridgehead atoms. The van der Waals surface area contributed by atoms with Crippen molar-refractivity contribution in [2.75, 3.05) is 0 Å². The van der Waals surface area contributed by atoms with Gasteiger partial charge in [0.15, 0.2) is 0 Å². The molecule has 0 unspecified atom stereocenters. The summed E-state index contributed by atoms with van der Waals surface area (Å²) in [4.78, 5) is 0. The van der Waals surface area contributed by atoms with Gasteiger partial charge in [0.25, 0.3) is 0 Å². The Kier molecular flexibility index (Phi) is 36.0. The summed E-state index contributed by atoms with van der Waals surface area (Å²) < 4.78 is 5.04. The van der Waals surface area contributed by atoms with Crippen LogP contribution in [0.25, 0.3) is 0 Å². The van der Waals surface area contributed by atoms with Gasteiger partial charge in [-0.05, 0) is 0 Å². The molecule has 0 amide bonds. The Labute approximate surface area is 129 Å². The molecular formula is C12H30Cl3Sn. The smallest absolute Gasteiger partial charge is 0.147 e. The maximum atomic E-state index is 2.33. The van der Waals surface area contributed by atoms with Crippen LogP contribution in [-0.4, -0.2) is 19.8 Å². The van der Waals surface area contributed by atoms with Crippen molar-refractivity contribution in [1.29, 1.82) is 0 Å². The zero-order valence-corrected chi connectivity index (χ0v) is 16.4. The van der Waals surface area contributed by atoms with Crippen LogP contribution < -0.4 is 0 Å². The summed E-state index contributed by atoms with van der Waals surface area (Å²) in [6.45, 7) is 7.00. The molecule has 0 rings (SSSR count). The van der Waals surface area contributed by atoms with Crippen LogP contribution in [0.15, 0.2) is 0 Å². The third kappa shape index (κ3) is 18.0. The summed E-state index contributed by atoms with van der Waals surface area (Å²) in [5, 5.41) is 0. The average Bonchev–Trinajstić information content (AvgIpc) is 2.17. The Balaban J connectivity index is -0.000000240. The predicted molar refractivity (Wildman–Crippen MR) is 86.6 cm³/mol. The third-order valence-corrected chi connectivity index (χ3v) is 11.7. The molecular weight excluding hydrogens is 369 g/mol. The normalized spacial score (nSPS) is 9.00. The number of hydrogen-bond acceptors (Lipinski definition) is 0. The van der Waals surface area contributed by atoms with Crippen molar-refractivity contribution in [3.63, 3.8) is 0 Å². The van der Waals surface area contributed by atoms with Crippen molar-refractivity contribution in [2.45, 2.75) is 72.6 Å². The van der Waals surface area contributed by atoms with E-state index in [4.69, 9.17) is 0 Å². The van der Waals surface area contributed by atoms with Gasteiger partial charge in [0.2, 0.25) is 0 Å². The first-order valence-electron chi connectivity index (χ1n) is 6.18. The number of rotatable bonds is 9. The van der Waals surface area contributed by atoms with Crippen molar-refractivity contribution in [3.8, 4) is 0 Å². The van der Waals surface area contributed by atoms with E-state index in [-0.39, 0.29) is 37.2 Å². The van der Waals surface area contributed by atoms with E-state index in [9.17, 15) is 0 Å². The number of unbranched alkanes of at least 4 members (excludes halogenated alkanes) is 3. The quantitative estimate of drug-likeness (QED) is 0.408. The zero-order chi connectivity index (χ0) is 9.94. The molecule has 0 aliphatic rings. The molecule has 4 heteroatoms. The van der Waals surface area contributed by atoms with Crippen LogP contribution >= 0.6 is 37.2 Å². The minimum absolute atomic E-state index is 0. The van der Waals surface area contributed by atoms with E-state index in [1.807, 2.05) is 0 Å². The monoisotopic (exact) mass is 399 g/mol. The Morgan fingerprint density at radius 1 is 0.562 bits per heavy atom. The molecule has 0 fully saturated rings. The Hall–Kier alpha value is 1.67. The molecule has 0 aromatic rings. The van der Waals surface area contributed by atoms with Gasteiger partial charge < -0.3 is 0 Å². The van der Waals surface area contributed by atoms with Gasteiger partial charge in [0.05, 0.1) is 0 Å².